The lowest BCUT2D eigenvalue weighted by molar-refractivity contribution is 0.702. The molecule has 0 spiro atoms. The van der Waals surface area contributed by atoms with Crippen LogP contribution in [0.3, 0.4) is 0 Å². The molecular formula is C8H10N2. The molecule has 52 valence electrons. The van der Waals surface area contributed by atoms with Crippen LogP contribution >= 0.6 is 0 Å². The summed E-state index contributed by atoms with van der Waals surface area (Å²) < 4.78 is 0. The highest BCUT2D eigenvalue weighted by molar-refractivity contribution is 5.08. The van der Waals surface area contributed by atoms with Crippen molar-refractivity contribution in [1.82, 2.24) is 0 Å². The smallest absolute Gasteiger partial charge is 0.0909 e. The van der Waals surface area contributed by atoms with E-state index in [1.807, 2.05) is 13.0 Å². The van der Waals surface area contributed by atoms with Crippen molar-refractivity contribution in [2.75, 3.05) is 0 Å². The first kappa shape index (κ1) is 8.72. The minimum atomic E-state index is -0.0790. The van der Waals surface area contributed by atoms with E-state index in [2.05, 4.69) is 6.07 Å². The topological polar surface area (TPSA) is 47.6 Å². The van der Waals surface area contributed by atoms with Crippen molar-refractivity contribution in [1.29, 1.82) is 10.5 Å². The van der Waals surface area contributed by atoms with Crippen molar-refractivity contribution in [3.8, 4) is 12.1 Å². The molecule has 0 amide bonds. The van der Waals surface area contributed by atoms with Gasteiger partial charge in [-0.3, -0.25) is 0 Å². The monoisotopic (exact) mass is 134 g/mol. The van der Waals surface area contributed by atoms with E-state index in [-0.39, 0.29) is 5.92 Å². The van der Waals surface area contributed by atoms with E-state index in [1.54, 1.807) is 6.08 Å². The average Bonchev–Trinajstić information content (AvgIpc) is 1.98. The molecule has 0 rings (SSSR count). The molecule has 0 bridgehead atoms. The fraction of sp³-hybridized carbons (Fsp3) is 0.500. The Hall–Kier alpha value is -1.28. The molecule has 0 aliphatic heterocycles. The van der Waals surface area contributed by atoms with Crippen LogP contribution in [0.25, 0.3) is 0 Å². The Morgan fingerprint density at radius 1 is 1.50 bits per heavy atom. The van der Waals surface area contributed by atoms with Crippen LogP contribution < -0.4 is 0 Å². The molecule has 1 atom stereocenters. The second kappa shape index (κ2) is 5.85. The molecule has 0 aliphatic carbocycles. The zero-order valence-corrected chi connectivity index (χ0v) is 6.04. The highest BCUT2D eigenvalue weighted by Gasteiger charge is 1.98. The first-order valence-electron chi connectivity index (χ1n) is 3.31. The number of nitrogens with zero attached hydrogens (tertiary/aromatic N) is 2. The highest BCUT2D eigenvalue weighted by atomic mass is 14.3. The lowest BCUT2D eigenvalue weighted by atomic mass is 10.1. The molecule has 0 saturated carbocycles. The molecule has 0 heterocycles. The van der Waals surface area contributed by atoms with Crippen molar-refractivity contribution in [3.63, 3.8) is 0 Å². The van der Waals surface area contributed by atoms with E-state index in [0.717, 1.165) is 12.8 Å². The van der Waals surface area contributed by atoms with Crippen molar-refractivity contribution in [3.05, 3.63) is 12.2 Å². The maximum atomic E-state index is 8.47. The van der Waals surface area contributed by atoms with Gasteiger partial charge in [-0.25, -0.2) is 0 Å². The zero-order valence-electron chi connectivity index (χ0n) is 6.04. The number of rotatable bonds is 3. The van der Waals surface area contributed by atoms with E-state index in [0.29, 0.717) is 0 Å². The minimum Gasteiger partial charge on any atom is -0.198 e. The standard InChI is InChI=1S/C8H10N2/c1-2-4-8(7-10)5-3-6-9/h3,5,8H,2,4H2,1H3/b5-3+. The van der Waals surface area contributed by atoms with E-state index in [4.69, 9.17) is 10.5 Å². The number of nitriles is 2. The molecule has 10 heavy (non-hydrogen) atoms. The van der Waals surface area contributed by atoms with Gasteiger partial charge in [-0.2, -0.15) is 10.5 Å². The van der Waals surface area contributed by atoms with Gasteiger partial charge < -0.3 is 0 Å². The van der Waals surface area contributed by atoms with Crippen molar-refractivity contribution in [2.45, 2.75) is 19.8 Å². The van der Waals surface area contributed by atoms with Crippen LogP contribution in [0.4, 0.5) is 0 Å². The van der Waals surface area contributed by atoms with E-state index in [9.17, 15) is 0 Å². The molecule has 0 aliphatic rings. The zero-order chi connectivity index (χ0) is 7.82. The van der Waals surface area contributed by atoms with Crippen LogP contribution in [0.15, 0.2) is 12.2 Å². The summed E-state index contributed by atoms with van der Waals surface area (Å²) in [6.45, 7) is 2.02. The Labute approximate surface area is 61.4 Å². The van der Waals surface area contributed by atoms with E-state index in [1.165, 1.54) is 6.08 Å². The summed E-state index contributed by atoms with van der Waals surface area (Å²) in [7, 11) is 0. The second-order valence-electron chi connectivity index (χ2n) is 2.01. The molecule has 1 unspecified atom stereocenters. The molecule has 0 aromatic carbocycles. The Balaban J connectivity index is 3.77. The van der Waals surface area contributed by atoms with Gasteiger partial charge in [0.15, 0.2) is 0 Å². The molecule has 2 heteroatoms. The molecule has 0 aromatic rings. The summed E-state index contributed by atoms with van der Waals surface area (Å²) in [5.74, 6) is -0.0790. The van der Waals surface area contributed by atoms with E-state index >= 15 is 0 Å². The van der Waals surface area contributed by atoms with Gasteiger partial charge >= 0.3 is 0 Å². The Morgan fingerprint density at radius 2 is 2.20 bits per heavy atom. The molecule has 0 aromatic heterocycles. The summed E-state index contributed by atoms with van der Waals surface area (Å²) >= 11 is 0. The molecule has 0 radical (unpaired) electrons. The Kier molecular flexibility index (Phi) is 5.10. The SMILES string of the molecule is CCCC(C#N)/C=C/C#N. The van der Waals surface area contributed by atoms with Crippen molar-refractivity contribution in [2.24, 2.45) is 5.92 Å². The quantitative estimate of drug-likeness (QED) is 0.554. The molecule has 2 nitrogen and oxygen atoms in total. The predicted molar refractivity (Wildman–Crippen MR) is 38.8 cm³/mol. The maximum Gasteiger partial charge on any atom is 0.0909 e. The van der Waals surface area contributed by atoms with Gasteiger partial charge in [0.1, 0.15) is 0 Å². The maximum absolute atomic E-state index is 8.47. The third-order valence-corrected chi connectivity index (χ3v) is 1.17. The summed E-state index contributed by atoms with van der Waals surface area (Å²) in [5, 5.41) is 16.6. The third kappa shape index (κ3) is 3.69. The van der Waals surface area contributed by atoms with Crippen LogP contribution in [0.1, 0.15) is 19.8 Å². The molecule has 0 saturated heterocycles. The van der Waals surface area contributed by atoms with Gasteiger partial charge in [0.2, 0.25) is 0 Å². The fourth-order valence-corrected chi connectivity index (χ4v) is 0.674. The number of allylic oxidation sites excluding steroid dienone is 2. The van der Waals surface area contributed by atoms with Crippen LogP contribution in [0.5, 0.6) is 0 Å². The van der Waals surface area contributed by atoms with Crippen molar-refractivity contribution >= 4 is 0 Å². The summed E-state index contributed by atoms with van der Waals surface area (Å²) in [4.78, 5) is 0. The van der Waals surface area contributed by atoms with Crippen molar-refractivity contribution < 1.29 is 0 Å². The van der Waals surface area contributed by atoms with Crippen LogP contribution in [-0.4, -0.2) is 0 Å². The van der Waals surface area contributed by atoms with Gasteiger partial charge in [-0.15, -0.1) is 0 Å². The summed E-state index contributed by atoms with van der Waals surface area (Å²) in [6, 6.07) is 3.96. The Bertz CT molecular complexity index is 180. The Morgan fingerprint density at radius 3 is 2.60 bits per heavy atom. The highest BCUT2D eigenvalue weighted by Crippen LogP contribution is 2.05. The van der Waals surface area contributed by atoms with Crippen LogP contribution in [0, 0.1) is 28.6 Å². The first-order valence-corrected chi connectivity index (χ1v) is 3.31. The second-order valence-corrected chi connectivity index (χ2v) is 2.01. The predicted octanol–water partition coefficient (Wildman–Crippen LogP) is 2.01. The van der Waals surface area contributed by atoms with Gasteiger partial charge in [-0.05, 0) is 6.42 Å². The van der Waals surface area contributed by atoms with Gasteiger partial charge in [-0.1, -0.05) is 19.4 Å². The van der Waals surface area contributed by atoms with Gasteiger partial charge in [0, 0.05) is 6.08 Å². The normalized spacial score (nSPS) is 12.3. The van der Waals surface area contributed by atoms with Crippen LogP contribution in [-0.2, 0) is 0 Å². The summed E-state index contributed by atoms with van der Waals surface area (Å²) in [6.07, 6.45) is 4.83. The summed E-state index contributed by atoms with van der Waals surface area (Å²) in [5.41, 5.74) is 0. The van der Waals surface area contributed by atoms with Gasteiger partial charge in [0.05, 0.1) is 18.1 Å². The van der Waals surface area contributed by atoms with E-state index < -0.39 is 0 Å². The number of hydrogen-bond acceptors (Lipinski definition) is 2. The fourth-order valence-electron chi connectivity index (χ4n) is 0.674. The number of hydrogen-bond donors (Lipinski definition) is 0. The minimum absolute atomic E-state index is 0.0790. The average molecular weight is 134 g/mol. The molecule has 0 fully saturated rings. The third-order valence-electron chi connectivity index (χ3n) is 1.17. The molecular weight excluding hydrogens is 124 g/mol. The largest absolute Gasteiger partial charge is 0.198 e. The van der Waals surface area contributed by atoms with Gasteiger partial charge in [0.25, 0.3) is 0 Å². The first-order chi connectivity index (χ1) is 4.85. The lowest BCUT2D eigenvalue weighted by Crippen LogP contribution is -1.89. The lowest BCUT2D eigenvalue weighted by Gasteiger charge is -1.96. The van der Waals surface area contributed by atoms with Crippen LogP contribution in [0.2, 0.25) is 0 Å². The molecule has 0 N–H and O–H groups in total.